The molecule has 0 saturated carbocycles. The van der Waals surface area contributed by atoms with Gasteiger partial charge in [0, 0.05) is 22.0 Å². The summed E-state index contributed by atoms with van der Waals surface area (Å²) in [6, 6.07) is 9.88. The minimum atomic E-state index is 0.112. The van der Waals surface area contributed by atoms with E-state index >= 15 is 0 Å². The van der Waals surface area contributed by atoms with E-state index in [1.807, 2.05) is 42.2 Å². The van der Waals surface area contributed by atoms with Crippen molar-refractivity contribution in [3.8, 4) is 0 Å². The number of hydrogen-bond donors (Lipinski definition) is 0. The fourth-order valence-electron chi connectivity index (χ4n) is 2.32. The molecule has 0 saturated heterocycles. The summed E-state index contributed by atoms with van der Waals surface area (Å²) < 4.78 is 1.04. The lowest BCUT2D eigenvalue weighted by molar-refractivity contribution is 0.0994. The lowest BCUT2D eigenvalue weighted by Gasteiger charge is -2.14. The zero-order valence-electron chi connectivity index (χ0n) is 8.83. The number of hydrogen-bond acceptors (Lipinski definition) is 1. The molecule has 0 N–H and O–H groups in total. The monoisotopic (exact) mass is 275 g/mol. The van der Waals surface area contributed by atoms with Crippen LogP contribution in [0.2, 0.25) is 0 Å². The topological polar surface area (TPSA) is 20.3 Å². The van der Waals surface area contributed by atoms with Crippen molar-refractivity contribution in [2.45, 2.75) is 6.92 Å². The Bertz CT molecular complexity index is 606. The maximum Gasteiger partial charge on any atom is 0.258 e. The van der Waals surface area contributed by atoms with Gasteiger partial charge in [-0.05, 0) is 30.5 Å². The minimum absolute atomic E-state index is 0.112. The van der Waals surface area contributed by atoms with Crippen molar-refractivity contribution in [2.24, 2.45) is 0 Å². The molecule has 2 nitrogen and oxygen atoms in total. The lowest BCUT2D eigenvalue weighted by atomic mass is 10.1. The second kappa shape index (κ2) is 3.32. The quantitative estimate of drug-likeness (QED) is 0.779. The van der Waals surface area contributed by atoms with Crippen molar-refractivity contribution in [2.75, 3.05) is 11.4 Å². The largest absolute Gasteiger partial charge is 0.308 e. The smallest absolute Gasteiger partial charge is 0.258 e. The zero-order valence-corrected chi connectivity index (χ0v) is 10.4. The molecule has 3 heteroatoms. The Kier molecular flexibility index (Phi) is 2.04. The normalized spacial score (nSPS) is 13.9. The SMILES string of the molecule is CCN1C(=O)c2cccc3c(Br)ccc1c23. The van der Waals surface area contributed by atoms with Gasteiger partial charge in [0.2, 0.25) is 0 Å². The van der Waals surface area contributed by atoms with Gasteiger partial charge >= 0.3 is 0 Å². The fraction of sp³-hybridized carbons (Fsp3) is 0.154. The van der Waals surface area contributed by atoms with Crippen LogP contribution in [0.3, 0.4) is 0 Å². The van der Waals surface area contributed by atoms with Crippen LogP contribution in [-0.2, 0) is 0 Å². The molecule has 0 aromatic heterocycles. The van der Waals surface area contributed by atoms with Crippen LogP contribution < -0.4 is 4.90 Å². The number of halogens is 1. The molecule has 0 atom stereocenters. The number of amides is 1. The van der Waals surface area contributed by atoms with Crippen molar-refractivity contribution >= 4 is 38.3 Å². The molecular formula is C13H10BrNO. The van der Waals surface area contributed by atoms with E-state index in [1.54, 1.807) is 0 Å². The maximum atomic E-state index is 12.1. The fourth-order valence-corrected chi connectivity index (χ4v) is 2.79. The third-order valence-electron chi connectivity index (χ3n) is 3.05. The van der Waals surface area contributed by atoms with Gasteiger partial charge in [0.1, 0.15) is 0 Å². The van der Waals surface area contributed by atoms with E-state index in [9.17, 15) is 4.79 Å². The average molecular weight is 276 g/mol. The van der Waals surface area contributed by atoms with Crippen LogP contribution in [0.1, 0.15) is 17.3 Å². The van der Waals surface area contributed by atoms with Crippen LogP contribution in [0.15, 0.2) is 34.8 Å². The first-order chi connectivity index (χ1) is 7.74. The van der Waals surface area contributed by atoms with E-state index in [0.717, 1.165) is 26.5 Å². The molecule has 0 fully saturated rings. The van der Waals surface area contributed by atoms with Crippen LogP contribution in [0.25, 0.3) is 10.8 Å². The molecule has 2 aromatic carbocycles. The Balaban J connectivity index is 2.47. The van der Waals surface area contributed by atoms with Gasteiger partial charge in [-0.2, -0.15) is 0 Å². The van der Waals surface area contributed by atoms with Crippen molar-refractivity contribution in [3.05, 3.63) is 40.4 Å². The van der Waals surface area contributed by atoms with Gasteiger partial charge in [-0.3, -0.25) is 4.79 Å². The molecule has 1 heterocycles. The van der Waals surface area contributed by atoms with Crippen LogP contribution in [0, 0.1) is 0 Å². The van der Waals surface area contributed by atoms with Crippen molar-refractivity contribution in [1.82, 2.24) is 0 Å². The Labute approximate surface area is 102 Å². The number of nitrogens with zero attached hydrogens (tertiary/aromatic N) is 1. The molecule has 1 amide bonds. The molecule has 0 spiro atoms. The molecule has 0 aliphatic carbocycles. The number of rotatable bonds is 1. The van der Waals surface area contributed by atoms with Gasteiger partial charge in [-0.25, -0.2) is 0 Å². The number of carbonyl (C=O) groups is 1. The van der Waals surface area contributed by atoms with Crippen LogP contribution in [-0.4, -0.2) is 12.5 Å². The molecule has 3 rings (SSSR count). The summed E-state index contributed by atoms with van der Waals surface area (Å²) in [5.74, 6) is 0.112. The van der Waals surface area contributed by atoms with Crippen molar-refractivity contribution in [1.29, 1.82) is 0 Å². The summed E-state index contributed by atoms with van der Waals surface area (Å²) in [6.45, 7) is 2.71. The molecule has 2 aromatic rings. The van der Waals surface area contributed by atoms with E-state index in [-0.39, 0.29) is 5.91 Å². The molecule has 1 aliphatic heterocycles. The highest BCUT2D eigenvalue weighted by atomic mass is 79.9. The Morgan fingerprint density at radius 1 is 1.25 bits per heavy atom. The third-order valence-corrected chi connectivity index (χ3v) is 3.74. The molecule has 0 bridgehead atoms. The minimum Gasteiger partial charge on any atom is -0.308 e. The standard InChI is InChI=1S/C13H10BrNO/c1-2-15-11-7-6-10(14)8-4-3-5-9(12(8)11)13(15)16/h3-7H,2H2,1H3. The van der Waals surface area contributed by atoms with Crippen LogP contribution in [0.4, 0.5) is 5.69 Å². The number of benzene rings is 2. The highest BCUT2D eigenvalue weighted by molar-refractivity contribution is 9.10. The highest BCUT2D eigenvalue weighted by Crippen LogP contribution is 2.39. The van der Waals surface area contributed by atoms with E-state index < -0.39 is 0 Å². The van der Waals surface area contributed by atoms with Crippen molar-refractivity contribution < 1.29 is 4.79 Å². The molecule has 0 unspecified atom stereocenters. The Morgan fingerprint density at radius 2 is 2.06 bits per heavy atom. The van der Waals surface area contributed by atoms with Crippen LogP contribution >= 0.6 is 15.9 Å². The van der Waals surface area contributed by atoms with E-state index in [0.29, 0.717) is 6.54 Å². The summed E-state index contributed by atoms with van der Waals surface area (Å²) in [7, 11) is 0. The van der Waals surface area contributed by atoms with Gasteiger partial charge in [-0.15, -0.1) is 0 Å². The molecular weight excluding hydrogens is 266 g/mol. The van der Waals surface area contributed by atoms with Gasteiger partial charge in [0.05, 0.1) is 5.69 Å². The third kappa shape index (κ3) is 1.09. The first-order valence-electron chi connectivity index (χ1n) is 5.27. The number of anilines is 1. The van der Waals surface area contributed by atoms with Gasteiger partial charge < -0.3 is 4.90 Å². The van der Waals surface area contributed by atoms with Crippen LogP contribution in [0.5, 0.6) is 0 Å². The second-order valence-corrected chi connectivity index (χ2v) is 4.70. The predicted molar refractivity (Wildman–Crippen MR) is 69.0 cm³/mol. The molecule has 0 radical (unpaired) electrons. The lowest BCUT2D eigenvalue weighted by Crippen LogP contribution is -2.25. The van der Waals surface area contributed by atoms with Gasteiger partial charge in [-0.1, -0.05) is 28.1 Å². The van der Waals surface area contributed by atoms with E-state index in [1.165, 1.54) is 0 Å². The predicted octanol–water partition coefficient (Wildman–Crippen LogP) is 3.58. The summed E-state index contributed by atoms with van der Waals surface area (Å²) in [6.07, 6.45) is 0. The molecule has 80 valence electrons. The molecule has 1 aliphatic rings. The summed E-state index contributed by atoms with van der Waals surface area (Å²) in [5.41, 5.74) is 1.84. The van der Waals surface area contributed by atoms with Crippen molar-refractivity contribution in [3.63, 3.8) is 0 Å². The van der Waals surface area contributed by atoms with E-state index in [4.69, 9.17) is 0 Å². The van der Waals surface area contributed by atoms with E-state index in [2.05, 4.69) is 15.9 Å². The van der Waals surface area contributed by atoms with Gasteiger partial charge in [0.25, 0.3) is 5.91 Å². The number of carbonyl (C=O) groups excluding carboxylic acids is 1. The zero-order chi connectivity index (χ0) is 11.3. The summed E-state index contributed by atoms with van der Waals surface area (Å²) in [5, 5.41) is 2.18. The molecule has 16 heavy (non-hydrogen) atoms. The first-order valence-corrected chi connectivity index (χ1v) is 6.06. The summed E-state index contributed by atoms with van der Waals surface area (Å²) >= 11 is 3.52. The average Bonchev–Trinajstić information content (AvgIpc) is 2.59. The Hall–Kier alpha value is -1.35. The maximum absolute atomic E-state index is 12.1. The Morgan fingerprint density at radius 3 is 2.81 bits per heavy atom. The second-order valence-electron chi connectivity index (χ2n) is 3.84. The first kappa shape index (κ1) is 9.85. The highest BCUT2D eigenvalue weighted by Gasteiger charge is 2.28. The van der Waals surface area contributed by atoms with Gasteiger partial charge in [0.15, 0.2) is 0 Å². The summed E-state index contributed by atoms with van der Waals surface area (Å²) in [4.78, 5) is 14.0.